The van der Waals surface area contributed by atoms with Gasteiger partial charge in [-0.05, 0) is 77.3 Å². The van der Waals surface area contributed by atoms with Crippen LogP contribution in [0.2, 0.25) is 0 Å². The Morgan fingerprint density at radius 2 is 1.84 bits per heavy atom. The average molecular weight is 664 g/mol. The maximum Gasteiger partial charge on any atom is 0.338 e. The van der Waals surface area contributed by atoms with E-state index in [2.05, 4.69) is 20.9 Å². The van der Waals surface area contributed by atoms with Gasteiger partial charge in [0.05, 0.1) is 45.6 Å². The molecule has 0 spiro atoms. The van der Waals surface area contributed by atoms with Gasteiger partial charge in [0.15, 0.2) is 4.80 Å². The second kappa shape index (κ2) is 12.8. The maximum atomic E-state index is 14.0. The predicted octanol–water partition coefficient (Wildman–Crippen LogP) is 4.85. The lowest BCUT2D eigenvalue weighted by Gasteiger charge is -2.25. The van der Waals surface area contributed by atoms with Crippen molar-refractivity contribution in [3.63, 3.8) is 0 Å². The molecule has 0 aliphatic carbocycles. The van der Waals surface area contributed by atoms with Crippen molar-refractivity contribution in [1.82, 2.24) is 4.57 Å². The topological polar surface area (TPSA) is 116 Å². The summed E-state index contributed by atoms with van der Waals surface area (Å²) in [5.41, 5.74) is 2.81. The van der Waals surface area contributed by atoms with Gasteiger partial charge in [0.1, 0.15) is 18.1 Å². The third-order valence-electron chi connectivity index (χ3n) is 6.81. The quantitative estimate of drug-likeness (QED) is 0.255. The van der Waals surface area contributed by atoms with Gasteiger partial charge in [-0.25, -0.2) is 14.6 Å². The minimum absolute atomic E-state index is 0.180. The number of benzene rings is 3. The molecule has 11 heteroatoms. The average Bonchev–Trinajstić information content (AvgIpc) is 3.30. The molecule has 220 valence electrons. The van der Waals surface area contributed by atoms with Crippen LogP contribution in [0.25, 0.3) is 6.08 Å². The molecule has 0 bridgehead atoms. The number of para-hydroxylation sites is 1. The fraction of sp³-hybridized carbons (Fsp3) is 0.188. The number of fused-ring (bicyclic) bond motifs is 1. The molecule has 4 aromatic rings. The second-order valence-corrected chi connectivity index (χ2v) is 11.4. The van der Waals surface area contributed by atoms with E-state index < -0.39 is 18.0 Å². The Morgan fingerprint density at radius 3 is 2.51 bits per heavy atom. The molecule has 1 aliphatic heterocycles. The molecule has 3 aromatic carbocycles. The van der Waals surface area contributed by atoms with Crippen molar-refractivity contribution >= 4 is 45.3 Å². The van der Waals surface area contributed by atoms with E-state index in [9.17, 15) is 14.4 Å². The first-order valence-corrected chi connectivity index (χ1v) is 14.9. The maximum absolute atomic E-state index is 14.0. The number of methoxy groups -OCH3 is 1. The van der Waals surface area contributed by atoms with Crippen molar-refractivity contribution in [2.45, 2.75) is 26.5 Å². The van der Waals surface area contributed by atoms with Crippen molar-refractivity contribution in [2.24, 2.45) is 4.99 Å². The Bertz CT molecular complexity index is 1930. The number of hydrogen-bond donors (Lipinski definition) is 1. The summed E-state index contributed by atoms with van der Waals surface area (Å²) in [5, 5.41) is 9.14. The number of carbonyl (C=O) groups is 2. The van der Waals surface area contributed by atoms with Crippen molar-refractivity contribution in [3.8, 4) is 11.5 Å². The normalized spacial score (nSPS) is 14.6. The molecule has 5 rings (SSSR count). The summed E-state index contributed by atoms with van der Waals surface area (Å²) >= 11 is 4.74. The molecule has 1 aliphatic rings. The van der Waals surface area contributed by atoms with Gasteiger partial charge >= 0.3 is 11.9 Å². The molecule has 0 saturated carbocycles. The standard InChI is InChI=1S/C32H27BrN2O7S/c1-4-41-31(39)27-18(2)34-32-35(28(27)22-13-14-25(40-3)23(33)15-22)29(36)26(43-32)16-21-7-5-6-8-24(21)42-17-19-9-11-20(12-10-19)30(37)38/h5-16,28H,4,17H2,1-3H3,(H,37,38)/b26-16-/t28-/m0/s1. The summed E-state index contributed by atoms with van der Waals surface area (Å²) in [5.74, 6) is -0.366. The van der Waals surface area contributed by atoms with Crippen LogP contribution in [0.5, 0.6) is 11.5 Å². The summed E-state index contributed by atoms with van der Waals surface area (Å²) < 4.78 is 19.4. The number of carboxylic acids is 1. The van der Waals surface area contributed by atoms with E-state index in [0.29, 0.717) is 42.1 Å². The van der Waals surface area contributed by atoms with Crippen LogP contribution in [0, 0.1) is 0 Å². The lowest BCUT2D eigenvalue weighted by molar-refractivity contribution is -0.139. The zero-order valence-corrected chi connectivity index (χ0v) is 25.9. The molecular weight excluding hydrogens is 636 g/mol. The molecule has 0 radical (unpaired) electrons. The van der Waals surface area contributed by atoms with Crippen LogP contribution in [-0.4, -0.2) is 35.3 Å². The Balaban J connectivity index is 1.57. The highest BCUT2D eigenvalue weighted by Crippen LogP contribution is 2.35. The van der Waals surface area contributed by atoms with E-state index in [1.165, 1.54) is 28.0 Å². The molecule has 2 heterocycles. The van der Waals surface area contributed by atoms with E-state index in [1.807, 2.05) is 30.3 Å². The summed E-state index contributed by atoms with van der Waals surface area (Å²) in [6, 6.07) is 18.4. The van der Waals surface area contributed by atoms with E-state index in [0.717, 1.165) is 5.56 Å². The number of thiazole rings is 1. The number of aromatic carboxylic acids is 1. The first kappa shape index (κ1) is 30.0. The van der Waals surface area contributed by atoms with E-state index in [-0.39, 0.29) is 29.9 Å². The fourth-order valence-corrected chi connectivity index (χ4v) is 6.33. The molecule has 43 heavy (non-hydrogen) atoms. The number of allylic oxidation sites excluding steroid dienone is 1. The van der Waals surface area contributed by atoms with Gasteiger partial charge in [-0.2, -0.15) is 0 Å². The Labute approximate surface area is 259 Å². The first-order chi connectivity index (χ1) is 20.7. The highest BCUT2D eigenvalue weighted by Gasteiger charge is 2.33. The Kier molecular flexibility index (Phi) is 8.93. The van der Waals surface area contributed by atoms with Crippen LogP contribution in [0.1, 0.15) is 46.9 Å². The van der Waals surface area contributed by atoms with Crippen LogP contribution < -0.4 is 24.4 Å². The van der Waals surface area contributed by atoms with Gasteiger partial charge in [0.2, 0.25) is 0 Å². The van der Waals surface area contributed by atoms with Crippen LogP contribution in [-0.2, 0) is 16.1 Å². The first-order valence-electron chi connectivity index (χ1n) is 13.3. The van der Waals surface area contributed by atoms with E-state index >= 15 is 0 Å². The van der Waals surface area contributed by atoms with Crippen LogP contribution >= 0.6 is 27.3 Å². The van der Waals surface area contributed by atoms with Crippen molar-refractivity contribution in [2.75, 3.05) is 13.7 Å². The molecule has 0 unspecified atom stereocenters. The monoisotopic (exact) mass is 662 g/mol. The van der Waals surface area contributed by atoms with Crippen molar-refractivity contribution in [1.29, 1.82) is 0 Å². The van der Waals surface area contributed by atoms with Crippen LogP contribution in [0.15, 0.2) is 92.3 Å². The second-order valence-electron chi connectivity index (χ2n) is 9.52. The van der Waals surface area contributed by atoms with Crippen LogP contribution in [0.3, 0.4) is 0 Å². The van der Waals surface area contributed by atoms with Crippen molar-refractivity contribution in [3.05, 3.63) is 124 Å². The molecule has 0 fully saturated rings. The number of ether oxygens (including phenoxy) is 3. The predicted molar refractivity (Wildman–Crippen MR) is 165 cm³/mol. The minimum Gasteiger partial charge on any atom is -0.496 e. The molecule has 0 saturated heterocycles. The SMILES string of the molecule is CCOC(=O)C1=C(C)N=c2s/c(=C\c3ccccc3OCc3ccc(C(=O)O)cc3)c(=O)n2[C@H]1c1ccc(OC)c(Br)c1. The smallest absolute Gasteiger partial charge is 0.338 e. The molecular formula is C32H27BrN2O7S. The van der Waals surface area contributed by atoms with Gasteiger partial charge in [0.25, 0.3) is 5.56 Å². The number of rotatable bonds is 9. The third-order valence-corrected chi connectivity index (χ3v) is 8.41. The molecule has 0 amide bonds. The molecule has 9 nitrogen and oxygen atoms in total. The highest BCUT2D eigenvalue weighted by atomic mass is 79.9. The van der Waals surface area contributed by atoms with Gasteiger partial charge in [-0.3, -0.25) is 9.36 Å². The molecule has 1 atom stereocenters. The Morgan fingerprint density at radius 1 is 1.09 bits per heavy atom. The number of esters is 1. The lowest BCUT2D eigenvalue weighted by atomic mass is 9.96. The summed E-state index contributed by atoms with van der Waals surface area (Å²) in [6.45, 7) is 3.85. The van der Waals surface area contributed by atoms with Gasteiger partial charge in [0, 0.05) is 5.56 Å². The summed E-state index contributed by atoms with van der Waals surface area (Å²) in [4.78, 5) is 43.4. The fourth-order valence-electron chi connectivity index (χ4n) is 4.74. The Hall–Kier alpha value is -4.48. The number of aromatic nitrogens is 1. The largest absolute Gasteiger partial charge is 0.496 e. The number of carbonyl (C=O) groups excluding carboxylic acids is 1. The third kappa shape index (κ3) is 6.18. The van der Waals surface area contributed by atoms with Gasteiger partial charge < -0.3 is 19.3 Å². The lowest BCUT2D eigenvalue weighted by Crippen LogP contribution is -2.40. The summed E-state index contributed by atoms with van der Waals surface area (Å²) in [7, 11) is 1.56. The number of nitrogens with zero attached hydrogens (tertiary/aromatic N) is 2. The highest BCUT2D eigenvalue weighted by molar-refractivity contribution is 9.10. The summed E-state index contributed by atoms with van der Waals surface area (Å²) in [6.07, 6.45) is 1.75. The van der Waals surface area contributed by atoms with Gasteiger partial charge in [-0.1, -0.05) is 47.7 Å². The number of carboxylic acid groups (broad SMARTS) is 1. The molecule has 1 N–H and O–H groups in total. The van der Waals surface area contributed by atoms with E-state index in [1.54, 1.807) is 51.3 Å². The zero-order chi connectivity index (χ0) is 30.7. The number of hydrogen-bond acceptors (Lipinski definition) is 8. The number of halogens is 1. The van der Waals surface area contributed by atoms with E-state index in [4.69, 9.17) is 19.3 Å². The molecule has 1 aromatic heterocycles. The van der Waals surface area contributed by atoms with Gasteiger partial charge in [-0.15, -0.1) is 0 Å². The minimum atomic E-state index is -0.995. The van der Waals surface area contributed by atoms with Crippen molar-refractivity contribution < 1.29 is 28.9 Å². The van der Waals surface area contributed by atoms with Crippen LogP contribution in [0.4, 0.5) is 0 Å². The zero-order valence-electron chi connectivity index (χ0n) is 23.5.